The molecular formula is C50H58FN9O7S. The van der Waals surface area contributed by atoms with Crippen LogP contribution in [-0.2, 0) is 25.5 Å². The number of alkyl carbamates (subject to hydrolysis) is 2. The Morgan fingerprint density at radius 2 is 1.40 bits per heavy atom. The van der Waals surface area contributed by atoms with Gasteiger partial charge < -0.3 is 44.6 Å². The van der Waals surface area contributed by atoms with Gasteiger partial charge in [0.05, 0.1) is 71.7 Å². The van der Waals surface area contributed by atoms with E-state index >= 15 is 4.39 Å². The summed E-state index contributed by atoms with van der Waals surface area (Å²) in [4.78, 5) is 74.0. The number of aromatic amines is 2. The van der Waals surface area contributed by atoms with Crippen molar-refractivity contribution in [3.63, 3.8) is 0 Å². The summed E-state index contributed by atoms with van der Waals surface area (Å²) in [5, 5.41) is 6.27. The normalized spacial score (nSPS) is 18.6. The molecule has 358 valence electrons. The van der Waals surface area contributed by atoms with E-state index in [9.17, 15) is 19.2 Å². The molecule has 9 rings (SSSR count). The second kappa shape index (κ2) is 19.1. The molecule has 4 aromatic heterocycles. The molecule has 4 N–H and O–H groups in total. The van der Waals surface area contributed by atoms with Crippen molar-refractivity contribution in [1.29, 1.82) is 0 Å². The van der Waals surface area contributed by atoms with Crippen molar-refractivity contribution < 1.29 is 37.8 Å². The summed E-state index contributed by atoms with van der Waals surface area (Å²) in [5.41, 5.74) is 4.65. The summed E-state index contributed by atoms with van der Waals surface area (Å²) >= 11 is 1.68. The van der Waals surface area contributed by atoms with Crippen LogP contribution in [0.25, 0.3) is 44.7 Å². The van der Waals surface area contributed by atoms with Gasteiger partial charge in [0.2, 0.25) is 18.0 Å². The maximum Gasteiger partial charge on any atom is 0.407 e. The van der Waals surface area contributed by atoms with E-state index in [1.54, 1.807) is 33.5 Å². The average Bonchev–Trinajstić information content (AvgIpc) is 4.19. The monoisotopic (exact) mass is 947 g/mol. The third-order valence-corrected chi connectivity index (χ3v) is 14.5. The van der Waals surface area contributed by atoms with Crippen LogP contribution in [0.1, 0.15) is 106 Å². The summed E-state index contributed by atoms with van der Waals surface area (Å²) in [6.45, 7) is 10.7. The summed E-state index contributed by atoms with van der Waals surface area (Å²) in [7, 11) is 2.55. The van der Waals surface area contributed by atoms with Crippen LogP contribution in [0.3, 0.4) is 0 Å². The largest absolute Gasteiger partial charge is 0.464 e. The van der Waals surface area contributed by atoms with Gasteiger partial charge in [-0.1, -0.05) is 47.1 Å². The Labute approximate surface area is 398 Å². The predicted octanol–water partition coefficient (Wildman–Crippen LogP) is 9.27. The Hall–Kier alpha value is -6.69. The second-order valence-corrected chi connectivity index (χ2v) is 19.7. The quantitative estimate of drug-likeness (QED) is 0.0875. The number of halogens is 1. The Kier molecular flexibility index (Phi) is 13.1. The van der Waals surface area contributed by atoms with E-state index in [0.717, 1.165) is 59.1 Å². The molecule has 5 unspecified atom stereocenters. The average molecular weight is 948 g/mol. The molecule has 0 saturated carbocycles. The number of carbonyl (C=O) groups excluding carboxylic acids is 4. The molecule has 4 amide bonds. The predicted molar refractivity (Wildman–Crippen MR) is 255 cm³/mol. The molecule has 0 bridgehead atoms. The second-order valence-electron chi connectivity index (χ2n) is 18.5. The minimum atomic E-state index is -0.770. The molecule has 2 aromatic carbocycles. The number of fused-ring (bicyclic) bond motifs is 5. The summed E-state index contributed by atoms with van der Waals surface area (Å²) in [6, 6.07) is 13.5. The highest BCUT2D eigenvalue weighted by molar-refractivity contribution is 7.12. The topological polar surface area (TPSA) is 189 Å². The third kappa shape index (κ3) is 8.69. The van der Waals surface area contributed by atoms with Gasteiger partial charge in [-0.15, -0.1) is 11.3 Å². The lowest BCUT2D eigenvalue weighted by molar-refractivity contribution is -0.136. The Balaban J connectivity index is 1.03. The highest BCUT2D eigenvalue weighted by Crippen LogP contribution is 2.48. The molecule has 7 heterocycles. The zero-order chi connectivity index (χ0) is 48.0. The molecule has 3 aliphatic heterocycles. The van der Waals surface area contributed by atoms with Gasteiger partial charge >= 0.3 is 12.2 Å². The number of H-pyrrole nitrogens is 2. The summed E-state index contributed by atoms with van der Waals surface area (Å²) in [6.07, 6.45) is 6.43. The van der Waals surface area contributed by atoms with Crippen molar-refractivity contribution in [1.82, 2.24) is 44.9 Å². The first-order valence-corrected chi connectivity index (χ1v) is 24.2. The lowest BCUT2D eigenvalue weighted by Crippen LogP contribution is -2.51. The summed E-state index contributed by atoms with van der Waals surface area (Å²) < 4.78 is 35.4. The van der Waals surface area contributed by atoms with E-state index in [0.29, 0.717) is 59.4 Å². The minimum absolute atomic E-state index is 0.151. The standard InChI is InChI=1S/C50H58FN9O7S/c1-8-11-31-15-17-40(68-31)48-60-35-16-14-28(33-24-52-44(54-33)36-12-9-18-58(36)46(61)42(26(2)3)56-49(63)65-6)20-30(35)22-38(60)41-32(51)21-29(23-39(41)67-48)34-25-53-45(55-34)37-13-10-19-59(37)47(62)43(27(4)5)57-50(64)66-7/h14-17,20-27,36-37,42-43,48H,8-13,18-19H2,1-7H3,(H,52,54)(H,53,55)(H,56,63)(H,57,64). The van der Waals surface area contributed by atoms with Gasteiger partial charge in [-0.3, -0.25) is 14.2 Å². The summed E-state index contributed by atoms with van der Waals surface area (Å²) in [5.74, 6) is 0.450. The molecule has 2 saturated heterocycles. The van der Waals surface area contributed by atoms with Crippen LogP contribution < -0.4 is 15.4 Å². The SMILES string of the molecule is CCCc1ccc(C2Oc3cc(-c4cnc(C5CCCN5C(=O)C(NC(=O)OC)C(C)C)[nH]4)cc(F)c3-c3cc4cc(-c5cnc(C6CCCN6C(=O)C(NC(=O)OC)C(C)C)[nH]5)ccc4n32)s1. The maximum absolute atomic E-state index is 16.9. The number of aryl methyl sites for hydroxylation is 1. The minimum Gasteiger partial charge on any atom is -0.464 e. The van der Waals surface area contributed by atoms with Crippen LogP contribution in [0.4, 0.5) is 14.0 Å². The molecule has 18 heteroatoms. The molecule has 0 aliphatic carbocycles. The molecule has 0 spiro atoms. The van der Waals surface area contributed by atoms with E-state index in [1.165, 1.54) is 25.2 Å². The Bertz CT molecular complexity index is 2860. The molecule has 3 aliphatic rings. The Morgan fingerprint density at radius 3 is 1.96 bits per heavy atom. The fourth-order valence-electron chi connectivity index (χ4n) is 9.88. The molecule has 6 aromatic rings. The molecule has 16 nitrogen and oxygen atoms in total. The van der Waals surface area contributed by atoms with Crippen LogP contribution >= 0.6 is 11.3 Å². The van der Waals surface area contributed by atoms with Crippen molar-refractivity contribution >= 4 is 46.2 Å². The van der Waals surface area contributed by atoms with E-state index in [1.807, 2.05) is 52.0 Å². The number of ether oxygens (including phenoxy) is 3. The number of thiophene rings is 1. The van der Waals surface area contributed by atoms with Crippen molar-refractivity contribution in [2.24, 2.45) is 11.8 Å². The number of nitrogens with one attached hydrogen (secondary N) is 4. The van der Waals surface area contributed by atoms with Gasteiger partial charge in [0.15, 0.2) is 0 Å². The first kappa shape index (κ1) is 46.4. The van der Waals surface area contributed by atoms with Gasteiger partial charge in [-0.2, -0.15) is 0 Å². The first-order chi connectivity index (χ1) is 32.8. The van der Waals surface area contributed by atoms with Crippen molar-refractivity contribution in [3.8, 4) is 39.5 Å². The van der Waals surface area contributed by atoms with E-state index in [4.69, 9.17) is 24.2 Å². The number of hydrogen-bond donors (Lipinski definition) is 4. The highest BCUT2D eigenvalue weighted by Gasteiger charge is 2.40. The third-order valence-electron chi connectivity index (χ3n) is 13.3. The van der Waals surface area contributed by atoms with Crippen molar-refractivity contribution in [3.05, 3.63) is 88.1 Å². The number of nitrogens with zero attached hydrogens (tertiary/aromatic N) is 5. The van der Waals surface area contributed by atoms with Gasteiger partial charge in [0.25, 0.3) is 0 Å². The van der Waals surface area contributed by atoms with Crippen LogP contribution in [0.15, 0.2) is 60.9 Å². The number of imidazole rings is 2. The molecule has 68 heavy (non-hydrogen) atoms. The van der Waals surface area contributed by atoms with Crippen LogP contribution in [-0.4, -0.2) is 97.7 Å². The fourth-order valence-corrected chi connectivity index (χ4v) is 11.0. The number of rotatable bonds is 13. The number of likely N-dealkylation sites (tertiary alicyclic amines) is 2. The Morgan fingerprint density at radius 1 is 0.809 bits per heavy atom. The molecular weight excluding hydrogens is 890 g/mol. The lowest BCUT2D eigenvalue weighted by Gasteiger charge is -2.30. The molecule has 2 fully saturated rings. The molecule has 0 radical (unpaired) electrons. The number of benzene rings is 2. The van der Waals surface area contributed by atoms with E-state index in [-0.39, 0.29) is 35.7 Å². The lowest BCUT2D eigenvalue weighted by atomic mass is 10.0. The smallest absolute Gasteiger partial charge is 0.407 e. The van der Waals surface area contributed by atoms with E-state index in [2.05, 4.69) is 50.3 Å². The van der Waals surface area contributed by atoms with Gasteiger partial charge in [0, 0.05) is 34.5 Å². The van der Waals surface area contributed by atoms with Gasteiger partial charge in [-0.05, 0) is 86.4 Å². The number of amides is 4. The van der Waals surface area contributed by atoms with Crippen molar-refractivity contribution in [2.75, 3.05) is 27.3 Å². The zero-order valence-corrected chi connectivity index (χ0v) is 40.2. The molecule has 5 atom stereocenters. The van der Waals surface area contributed by atoms with Crippen LogP contribution in [0, 0.1) is 17.7 Å². The zero-order valence-electron chi connectivity index (χ0n) is 39.4. The first-order valence-electron chi connectivity index (χ1n) is 23.4. The maximum atomic E-state index is 16.9. The number of methoxy groups -OCH3 is 2. The van der Waals surface area contributed by atoms with Crippen molar-refractivity contribution in [2.45, 2.75) is 104 Å². The number of hydrogen-bond acceptors (Lipinski definition) is 10. The van der Waals surface area contributed by atoms with E-state index < -0.39 is 36.3 Å². The highest BCUT2D eigenvalue weighted by atomic mass is 32.1. The fraction of sp³-hybridized carbons (Fsp3) is 0.440. The number of aromatic nitrogens is 5. The van der Waals surface area contributed by atoms with Gasteiger partial charge in [-0.25, -0.2) is 23.9 Å². The van der Waals surface area contributed by atoms with Gasteiger partial charge in [0.1, 0.15) is 35.3 Å². The number of carbonyl (C=O) groups is 4. The van der Waals surface area contributed by atoms with Crippen LogP contribution in [0.5, 0.6) is 5.75 Å². The van der Waals surface area contributed by atoms with Crippen LogP contribution in [0.2, 0.25) is 0 Å².